The third-order valence-electron chi connectivity index (χ3n) is 3.93. The number of aromatic nitrogens is 4. The van der Waals surface area contributed by atoms with Crippen LogP contribution in [0.4, 0.5) is 5.82 Å². The Morgan fingerprint density at radius 1 is 1.15 bits per heavy atom. The van der Waals surface area contributed by atoms with E-state index in [4.69, 9.17) is 0 Å². The summed E-state index contributed by atoms with van der Waals surface area (Å²) in [6, 6.07) is 11.8. The van der Waals surface area contributed by atoms with E-state index in [1.54, 1.807) is 12.3 Å². The molecule has 3 aromatic rings. The predicted octanol–water partition coefficient (Wildman–Crippen LogP) is 3.71. The highest BCUT2D eigenvalue weighted by Gasteiger charge is 2.15. The van der Waals surface area contributed by atoms with Crippen molar-refractivity contribution in [3.05, 3.63) is 53.7 Å². The van der Waals surface area contributed by atoms with E-state index in [1.807, 2.05) is 42.7 Å². The van der Waals surface area contributed by atoms with Crippen LogP contribution in [0.2, 0.25) is 0 Å². The van der Waals surface area contributed by atoms with Gasteiger partial charge < -0.3 is 9.88 Å². The van der Waals surface area contributed by atoms with Gasteiger partial charge in [-0.2, -0.15) is 0 Å². The molecule has 134 valence electrons. The highest BCUT2D eigenvalue weighted by molar-refractivity contribution is 7.99. The van der Waals surface area contributed by atoms with Gasteiger partial charge in [-0.15, -0.1) is 10.2 Å². The summed E-state index contributed by atoms with van der Waals surface area (Å²) < 4.78 is 2.03. The molecule has 3 rings (SSSR count). The number of nitrogens with one attached hydrogen (secondary N) is 1. The average molecular weight is 367 g/mol. The van der Waals surface area contributed by atoms with Gasteiger partial charge in [0.2, 0.25) is 5.91 Å². The lowest BCUT2D eigenvalue weighted by Gasteiger charge is -2.09. The summed E-state index contributed by atoms with van der Waals surface area (Å²) in [7, 11) is 0. The molecule has 0 atom stereocenters. The molecule has 0 unspecified atom stereocenters. The molecule has 1 amide bonds. The largest absolute Gasteiger partial charge is 0.310 e. The van der Waals surface area contributed by atoms with Crippen molar-refractivity contribution >= 4 is 23.5 Å². The van der Waals surface area contributed by atoms with Crippen LogP contribution in [-0.4, -0.2) is 31.4 Å². The van der Waals surface area contributed by atoms with E-state index >= 15 is 0 Å². The maximum absolute atomic E-state index is 12.2. The van der Waals surface area contributed by atoms with E-state index in [9.17, 15) is 4.79 Å². The van der Waals surface area contributed by atoms with E-state index in [0.717, 1.165) is 34.2 Å². The van der Waals surface area contributed by atoms with Crippen LogP contribution in [0, 0.1) is 13.8 Å². The number of carbonyl (C=O) groups is 1. The fourth-order valence-electron chi connectivity index (χ4n) is 2.55. The minimum absolute atomic E-state index is 0.116. The quantitative estimate of drug-likeness (QED) is 0.673. The first-order valence-corrected chi connectivity index (χ1v) is 9.41. The molecule has 0 saturated carbocycles. The average Bonchev–Trinajstić information content (AvgIpc) is 3.05. The molecular formula is C19H21N5OS. The maximum Gasteiger partial charge on any atom is 0.236 e. The molecule has 0 aliphatic carbocycles. The summed E-state index contributed by atoms with van der Waals surface area (Å²) in [5.41, 5.74) is 3.26. The zero-order valence-electron chi connectivity index (χ0n) is 15.1. The van der Waals surface area contributed by atoms with Crippen molar-refractivity contribution < 1.29 is 4.79 Å². The molecule has 0 fully saturated rings. The Labute approximate surface area is 157 Å². The van der Waals surface area contributed by atoms with Gasteiger partial charge in [-0.05, 0) is 38.0 Å². The molecule has 6 nitrogen and oxygen atoms in total. The molecule has 0 aliphatic rings. The first-order valence-electron chi connectivity index (χ1n) is 8.43. The van der Waals surface area contributed by atoms with Crippen molar-refractivity contribution in [2.75, 3.05) is 11.1 Å². The van der Waals surface area contributed by atoms with Crippen LogP contribution in [0.1, 0.15) is 18.1 Å². The molecule has 0 radical (unpaired) electrons. The highest BCUT2D eigenvalue weighted by atomic mass is 32.2. The van der Waals surface area contributed by atoms with Crippen LogP contribution in [-0.2, 0) is 11.3 Å². The van der Waals surface area contributed by atoms with Crippen molar-refractivity contribution in [2.45, 2.75) is 32.5 Å². The first-order chi connectivity index (χ1) is 12.6. The number of amides is 1. The molecular weight excluding hydrogens is 346 g/mol. The summed E-state index contributed by atoms with van der Waals surface area (Å²) in [5.74, 6) is 1.52. The molecule has 1 aromatic carbocycles. The van der Waals surface area contributed by atoms with Gasteiger partial charge >= 0.3 is 0 Å². The number of aryl methyl sites for hydroxylation is 2. The standard InChI is InChI=1S/C19H21N5OS/c1-4-24-18(15-8-6-5-7-14(15)3)22-23-19(24)26-12-17(25)21-16-10-9-13(2)11-20-16/h5-11H,4,12H2,1-3H3,(H,20,21,25). The van der Waals surface area contributed by atoms with Crippen molar-refractivity contribution in [3.8, 4) is 11.4 Å². The molecule has 1 N–H and O–H groups in total. The van der Waals surface area contributed by atoms with Crippen molar-refractivity contribution in [2.24, 2.45) is 0 Å². The lowest BCUT2D eigenvalue weighted by atomic mass is 10.1. The second kappa shape index (κ2) is 8.14. The highest BCUT2D eigenvalue weighted by Crippen LogP contribution is 2.26. The normalized spacial score (nSPS) is 10.7. The number of benzene rings is 1. The van der Waals surface area contributed by atoms with Gasteiger partial charge in [0.15, 0.2) is 11.0 Å². The fourth-order valence-corrected chi connectivity index (χ4v) is 3.36. The van der Waals surface area contributed by atoms with Crippen molar-refractivity contribution in [1.82, 2.24) is 19.7 Å². The second-order valence-electron chi connectivity index (χ2n) is 5.92. The topological polar surface area (TPSA) is 72.7 Å². The minimum atomic E-state index is -0.116. The Balaban J connectivity index is 1.69. The molecule has 26 heavy (non-hydrogen) atoms. The molecule has 0 spiro atoms. The first kappa shape index (κ1) is 18.1. The number of nitrogens with zero attached hydrogens (tertiary/aromatic N) is 4. The summed E-state index contributed by atoms with van der Waals surface area (Å²) in [6.45, 7) is 6.79. The molecule has 7 heteroatoms. The Hall–Kier alpha value is -2.67. The van der Waals surface area contributed by atoms with Gasteiger partial charge in [0.1, 0.15) is 5.82 Å². The SMILES string of the molecule is CCn1c(SCC(=O)Nc2ccc(C)cn2)nnc1-c1ccccc1C. The molecule has 0 aliphatic heterocycles. The van der Waals surface area contributed by atoms with Gasteiger partial charge in [-0.25, -0.2) is 4.98 Å². The number of hydrogen-bond acceptors (Lipinski definition) is 5. The Kier molecular flexibility index (Phi) is 5.68. The molecule has 2 heterocycles. The van der Waals surface area contributed by atoms with E-state index < -0.39 is 0 Å². The fraction of sp³-hybridized carbons (Fsp3) is 0.263. The monoisotopic (exact) mass is 367 g/mol. The molecule has 2 aromatic heterocycles. The lowest BCUT2D eigenvalue weighted by molar-refractivity contribution is -0.113. The Morgan fingerprint density at radius 2 is 1.96 bits per heavy atom. The number of hydrogen-bond donors (Lipinski definition) is 1. The molecule has 0 saturated heterocycles. The van der Waals surface area contributed by atoms with Crippen LogP contribution in [0.15, 0.2) is 47.8 Å². The van der Waals surface area contributed by atoms with Crippen LogP contribution < -0.4 is 5.32 Å². The van der Waals surface area contributed by atoms with E-state index in [1.165, 1.54) is 11.8 Å². The summed E-state index contributed by atoms with van der Waals surface area (Å²) in [4.78, 5) is 16.4. The number of pyridine rings is 1. The third-order valence-corrected chi connectivity index (χ3v) is 4.90. The minimum Gasteiger partial charge on any atom is -0.310 e. The van der Waals surface area contributed by atoms with Crippen molar-refractivity contribution in [1.29, 1.82) is 0 Å². The van der Waals surface area contributed by atoms with E-state index in [-0.39, 0.29) is 11.7 Å². The second-order valence-corrected chi connectivity index (χ2v) is 6.87. The van der Waals surface area contributed by atoms with E-state index in [0.29, 0.717) is 5.82 Å². The van der Waals surface area contributed by atoms with Gasteiger partial charge in [0.25, 0.3) is 0 Å². The van der Waals surface area contributed by atoms with Gasteiger partial charge in [-0.3, -0.25) is 4.79 Å². The van der Waals surface area contributed by atoms with Crippen LogP contribution >= 0.6 is 11.8 Å². The van der Waals surface area contributed by atoms with Crippen LogP contribution in [0.5, 0.6) is 0 Å². The Morgan fingerprint density at radius 3 is 2.65 bits per heavy atom. The maximum atomic E-state index is 12.2. The third kappa shape index (κ3) is 4.11. The lowest BCUT2D eigenvalue weighted by Crippen LogP contribution is -2.15. The van der Waals surface area contributed by atoms with Crippen LogP contribution in [0.3, 0.4) is 0 Å². The summed E-state index contributed by atoms with van der Waals surface area (Å²) in [6.07, 6.45) is 1.73. The summed E-state index contributed by atoms with van der Waals surface area (Å²) >= 11 is 1.37. The zero-order valence-corrected chi connectivity index (χ0v) is 15.9. The Bertz CT molecular complexity index is 905. The smallest absolute Gasteiger partial charge is 0.236 e. The van der Waals surface area contributed by atoms with E-state index in [2.05, 4.69) is 33.5 Å². The van der Waals surface area contributed by atoms with Crippen molar-refractivity contribution in [3.63, 3.8) is 0 Å². The van der Waals surface area contributed by atoms with Gasteiger partial charge in [-0.1, -0.05) is 42.1 Å². The number of rotatable bonds is 6. The number of carbonyl (C=O) groups excluding carboxylic acids is 1. The van der Waals surface area contributed by atoms with Gasteiger partial charge in [0.05, 0.1) is 5.75 Å². The zero-order chi connectivity index (χ0) is 18.5. The molecule has 0 bridgehead atoms. The van der Waals surface area contributed by atoms with Gasteiger partial charge in [0, 0.05) is 18.3 Å². The predicted molar refractivity (Wildman–Crippen MR) is 104 cm³/mol. The number of anilines is 1. The summed E-state index contributed by atoms with van der Waals surface area (Å²) in [5, 5.41) is 12.1. The van der Waals surface area contributed by atoms with Crippen LogP contribution in [0.25, 0.3) is 11.4 Å². The number of thioether (sulfide) groups is 1.